The van der Waals surface area contributed by atoms with Crippen molar-refractivity contribution in [2.24, 2.45) is 0 Å². The number of pyridine rings is 1. The maximum Gasteiger partial charge on any atom is 0.129 e. The number of nitrogens with two attached hydrogens (primary N) is 1. The molecule has 3 rings (SSSR count). The summed E-state index contributed by atoms with van der Waals surface area (Å²) in [5.41, 5.74) is 8.39. The quantitative estimate of drug-likeness (QED) is 0.738. The highest BCUT2D eigenvalue weighted by Gasteiger charge is 2.06. The normalized spacial score (nSPS) is 10.7. The summed E-state index contributed by atoms with van der Waals surface area (Å²) in [5.74, 6) is 0.775. The van der Waals surface area contributed by atoms with Gasteiger partial charge >= 0.3 is 0 Å². The number of aromatic nitrogens is 1. The third kappa shape index (κ3) is 2.53. The SMILES string of the molecule is Nc1ccc(OCc2ccc(Cl)cc2)c2cccnc12. The van der Waals surface area contributed by atoms with E-state index in [4.69, 9.17) is 22.1 Å². The molecular formula is C16H13ClN2O. The third-order valence-electron chi connectivity index (χ3n) is 3.07. The monoisotopic (exact) mass is 284 g/mol. The van der Waals surface area contributed by atoms with Crippen LogP contribution >= 0.6 is 11.6 Å². The van der Waals surface area contributed by atoms with Crippen molar-refractivity contribution in [1.29, 1.82) is 0 Å². The minimum Gasteiger partial charge on any atom is -0.488 e. The summed E-state index contributed by atoms with van der Waals surface area (Å²) in [6, 6.07) is 15.1. The van der Waals surface area contributed by atoms with E-state index >= 15 is 0 Å². The van der Waals surface area contributed by atoms with E-state index in [1.54, 1.807) is 6.20 Å². The van der Waals surface area contributed by atoms with Crippen LogP contribution in [0.1, 0.15) is 5.56 Å². The molecule has 0 unspecified atom stereocenters. The summed E-state index contributed by atoms with van der Waals surface area (Å²) in [5, 5.41) is 1.64. The van der Waals surface area contributed by atoms with Crippen LogP contribution in [0.5, 0.6) is 5.75 Å². The Labute approximate surface area is 122 Å². The standard InChI is InChI=1S/C16H13ClN2O/c17-12-5-3-11(4-6-12)10-20-15-8-7-14(18)16-13(15)2-1-9-19-16/h1-9H,10,18H2. The first-order valence-electron chi connectivity index (χ1n) is 6.24. The Balaban J connectivity index is 1.88. The van der Waals surface area contributed by atoms with E-state index in [0.29, 0.717) is 12.3 Å². The highest BCUT2D eigenvalue weighted by atomic mass is 35.5. The molecule has 0 amide bonds. The van der Waals surface area contributed by atoms with Gasteiger partial charge in [-0.25, -0.2) is 0 Å². The lowest BCUT2D eigenvalue weighted by atomic mass is 10.1. The van der Waals surface area contributed by atoms with E-state index < -0.39 is 0 Å². The summed E-state index contributed by atoms with van der Waals surface area (Å²) in [4.78, 5) is 4.29. The number of anilines is 1. The molecule has 2 N–H and O–H groups in total. The fourth-order valence-corrected chi connectivity index (χ4v) is 2.16. The average Bonchev–Trinajstić information content (AvgIpc) is 2.49. The Morgan fingerprint density at radius 3 is 2.65 bits per heavy atom. The molecule has 0 aliphatic rings. The molecule has 100 valence electrons. The van der Waals surface area contributed by atoms with Crippen LogP contribution in [0, 0.1) is 0 Å². The number of hydrogen-bond acceptors (Lipinski definition) is 3. The largest absolute Gasteiger partial charge is 0.488 e. The van der Waals surface area contributed by atoms with Crippen LogP contribution in [0.15, 0.2) is 54.7 Å². The zero-order valence-electron chi connectivity index (χ0n) is 10.7. The number of fused-ring (bicyclic) bond motifs is 1. The van der Waals surface area contributed by atoms with Crippen molar-refractivity contribution in [2.75, 3.05) is 5.73 Å². The Morgan fingerprint density at radius 1 is 1.05 bits per heavy atom. The zero-order valence-corrected chi connectivity index (χ0v) is 11.5. The maximum absolute atomic E-state index is 5.92. The van der Waals surface area contributed by atoms with E-state index in [9.17, 15) is 0 Å². The topological polar surface area (TPSA) is 48.1 Å². The second-order valence-corrected chi connectivity index (χ2v) is 4.90. The molecule has 3 nitrogen and oxygen atoms in total. The van der Waals surface area contributed by atoms with Crippen molar-refractivity contribution in [3.63, 3.8) is 0 Å². The van der Waals surface area contributed by atoms with E-state index in [-0.39, 0.29) is 0 Å². The summed E-state index contributed by atoms with van der Waals surface area (Å²) < 4.78 is 5.86. The maximum atomic E-state index is 5.92. The number of benzene rings is 2. The first-order valence-corrected chi connectivity index (χ1v) is 6.62. The Bertz CT molecular complexity index is 741. The van der Waals surface area contributed by atoms with Crippen molar-refractivity contribution >= 4 is 28.2 Å². The molecule has 0 saturated heterocycles. The van der Waals surface area contributed by atoms with Gasteiger partial charge in [0.25, 0.3) is 0 Å². The lowest BCUT2D eigenvalue weighted by molar-refractivity contribution is 0.310. The second kappa shape index (κ2) is 5.39. The van der Waals surface area contributed by atoms with E-state index in [2.05, 4.69) is 4.98 Å². The minimum absolute atomic E-state index is 0.477. The Kier molecular flexibility index (Phi) is 3.44. The molecule has 1 heterocycles. The van der Waals surface area contributed by atoms with Crippen molar-refractivity contribution in [2.45, 2.75) is 6.61 Å². The highest BCUT2D eigenvalue weighted by Crippen LogP contribution is 2.28. The number of nitrogens with zero attached hydrogens (tertiary/aromatic N) is 1. The van der Waals surface area contributed by atoms with Crippen LogP contribution in [-0.4, -0.2) is 4.98 Å². The van der Waals surface area contributed by atoms with Crippen molar-refractivity contribution in [3.8, 4) is 5.75 Å². The minimum atomic E-state index is 0.477. The number of ether oxygens (including phenoxy) is 1. The molecule has 0 bridgehead atoms. The lowest BCUT2D eigenvalue weighted by Gasteiger charge is -2.10. The first kappa shape index (κ1) is 12.8. The summed E-state index contributed by atoms with van der Waals surface area (Å²) in [6.07, 6.45) is 1.72. The lowest BCUT2D eigenvalue weighted by Crippen LogP contribution is -1.97. The van der Waals surface area contributed by atoms with Gasteiger partial charge in [0.2, 0.25) is 0 Å². The van der Waals surface area contributed by atoms with E-state index in [1.165, 1.54) is 0 Å². The van der Waals surface area contributed by atoms with Gasteiger partial charge in [-0.1, -0.05) is 23.7 Å². The van der Waals surface area contributed by atoms with E-state index in [1.807, 2.05) is 48.5 Å². The number of halogens is 1. The van der Waals surface area contributed by atoms with Gasteiger partial charge in [-0.05, 0) is 42.0 Å². The molecule has 0 spiro atoms. The highest BCUT2D eigenvalue weighted by molar-refractivity contribution is 6.30. The number of rotatable bonds is 3. The third-order valence-corrected chi connectivity index (χ3v) is 3.32. The number of nitrogen functional groups attached to an aromatic ring is 1. The van der Waals surface area contributed by atoms with Gasteiger partial charge in [0.15, 0.2) is 0 Å². The second-order valence-electron chi connectivity index (χ2n) is 4.47. The zero-order chi connectivity index (χ0) is 13.9. The van der Waals surface area contributed by atoms with E-state index in [0.717, 1.165) is 27.2 Å². The fourth-order valence-electron chi connectivity index (χ4n) is 2.04. The summed E-state index contributed by atoms with van der Waals surface area (Å²) in [7, 11) is 0. The van der Waals surface area contributed by atoms with Gasteiger partial charge in [0.05, 0.1) is 11.2 Å². The molecule has 1 aromatic heterocycles. The smallest absolute Gasteiger partial charge is 0.129 e. The van der Waals surface area contributed by atoms with Crippen LogP contribution in [0.25, 0.3) is 10.9 Å². The van der Waals surface area contributed by atoms with Crippen molar-refractivity contribution in [3.05, 3.63) is 65.3 Å². The molecule has 0 aliphatic carbocycles. The van der Waals surface area contributed by atoms with Crippen LogP contribution in [0.4, 0.5) is 5.69 Å². The van der Waals surface area contributed by atoms with Gasteiger partial charge in [0.1, 0.15) is 12.4 Å². The molecule has 0 radical (unpaired) electrons. The predicted octanol–water partition coefficient (Wildman–Crippen LogP) is 4.05. The summed E-state index contributed by atoms with van der Waals surface area (Å²) >= 11 is 5.86. The van der Waals surface area contributed by atoms with Gasteiger partial charge in [-0.3, -0.25) is 4.98 Å². The predicted molar refractivity (Wildman–Crippen MR) is 81.9 cm³/mol. The fraction of sp³-hybridized carbons (Fsp3) is 0.0625. The van der Waals surface area contributed by atoms with Gasteiger partial charge in [0, 0.05) is 16.6 Å². The van der Waals surface area contributed by atoms with Gasteiger partial charge in [-0.2, -0.15) is 0 Å². The molecule has 20 heavy (non-hydrogen) atoms. The number of hydrogen-bond donors (Lipinski definition) is 1. The van der Waals surface area contributed by atoms with Crippen LogP contribution in [0.3, 0.4) is 0 Å². The molecule has 0 saturated carbocycles. The molecule has 3 aromatic rings. The van der Waals surface area contributed by atoms with Crippen molar-refractivity contribution < 1.29 is 4.74 Å². The van der Waals surface area contributed by atoms with Crippen molar-refractivity contribution in [1.82, 2.24) is 4.98 Å². The van der Waals surface area contributed by atoms with Crippen LogP contribution < -0.4 is 10.5 Å². The van der Waals surface area contributed by atoms with Crippen LogP contribution in [-0.2, 0) is 6.61 Å². The van der Waals surface area contributed by atoms with Gasteiger partial charge in [-0.15, -0.1) is 0 Å². The average molecular weight is 285 g/mol. The molecule has 0 aliphatic heterocycles. The molecule has 0 atom stereocenters. The molecule has 2 aromatic carbocycles. The Hall–Kier alpha value is -2.26. The Morgan fingerprint density at radius 2 is 1.85 bits per heavy atom. The first-order chi connectivity index (χ1) is 9.74. The molecule has 0 fully saturated rings. The van der Waals surface area contributed by atoms with Gasteiger partial charge < -0.3 is 10.5 Å². The molecule has 4 heteroatoms. The van der Waals surface area contributed by atoms with Crippen LogP contribution in [0.2, 0.25) is 5.02 Å². The molecular weight excluding hydrogens is 272 g/mol. The summed E-state index contributed by atoms with van der Waals surface area (Å²) in [6.45, 7) is 0.477.